The van der Waals surface area contributed by atoms with Gasteiger partial charge in [-0.15, -0.1) is 0 Å². The Morgan fingerprint density at radius 3 is 1.07 bits per heavy atom. The van der Waals surface area contributed by atoms with E-state index in [1.54, 1.807) is 41.5 Å². The van der Waals surface area contributed by atoms with E-state index in [0.29, 0.717) is 0 Å². The molecule has 0 unspecified atom stereocenters. The Balaban J connectivity index is 4.41. The van der Waals surface area contributed by atoms with Crippen LogP contribution in [0.5, 0.6) is 0 Å². The molecule has 0 aliphatic carbocycles. The van der Waals surface area contributed by atoms with Crippen molar-refractivity contribution in [2.75, 3.05) is 0 Å². The van der Waals surface area contributed by atoms with Crippen LogP contribution in [0.4, 0.5) is 0 Å². The third kappa shape index (κ3) is 6.66. The van der Waals surface area contributed by atoms with Gasteiger partial charge in [0, 0.05) is 0 Å². The number of hydrogen-bond donors (Lipinski definition) is 0. The summed E-state index contributed by atoms with van der Waals surface area (Å²) in [6.07, 6.45) is -0.465. The average molecular weight is 268 g/mol. The maximum absolute atomic E-state index is 12.0. The summed E-state index contributed by atoms with van der Waals surface area (Å²) in [5.74, 6) is 0. The average Bonchev–Trinajstić information content (AvgIpc) is 1.76. The molecule has 0 saturated heterocycles. The summed E-state index contributed by atoms with van der Waals surface area (Å²) in [5, 5.41) is 0. The molecule has 0 aromatic carbocycles. The van der Waals surface area contributed by atoms with Crippen molar-refractivity contribution in [1.82, 2.24) is 0 Å². The minimum absolute atomic E-state index is 0.155. The fourth-order valence-electron chi connectivity index (χ4n) is 0.849. The molecule has 0 aromatic rings. The van der Waals surface area contributed by atoms with Crippen molar-refractivity contribution in [2.45, 2.75) is 59.9 Å². The molecule has 0 amide bonds. The molecule has 0 fully saturated rings. The van der Waals surface area contributed by atoms with Crippen LogP contribution in [0, 0.1) is 0 Å². The van der Waals surface area contributed by atoms with Crippen molar-refractivity contribution in [2.24, 2.45) is 0 Å². The van der Waals surface area contributed by atoms with Gasteiger partial charge < -0.3 is 0 Å². The van der Waals surface area contributed by atoms with E-state index in [-0.39, 0.29) is 18.3 Å². The second-order valence-electron chi connectivity index (χ2n) is 3.91. The topological polar surface area (TPSA) is 44.8 Å². The van der Waals surface area contributed by atoms with E-state index in [4.69, 9.17) is 11.2 Å². The summed E-state index contributed by atoms with van der Waals surface area (Å²) in [6, 6.07) is 0. The molecule has 0 atom stereocenters. The molecule has 86 valence electrons. The third-order valence-electron chi connectivity index (χ3n) is 1.02. The zero-order chi connectivity index (χ0) is 11.4. The normalized spacial score (nSPS) is 13.2. The van der Waals surface area contributed by atoms with Crippen LogP contribution in [0.25, 0.3) is 0 Å². The van der Waals surface area contributed by atoms with E-state index in [1.807, 2.05) is 0 Å². The van der Waals surface area contributed by atoms with Crippen molar-refractivity contribution in [1.29, 1.82) is 0 Å². The Labute approximate surface area is 89.7 Å². The molecule has 0 aliphatic rings. The molecular formula is C9H21AsO4. The minimum atomic E-state index is -4.05. The van der Waals surface area contributed by atoms with Crippen LogP contribution >= 0.6 is 0 Å². The van der Waals surface area contributed by atoms with Crippen molar-refractivity contribution in [3.63, 3.8) is 0 Å². The molecule has 0 aliphatic heterocycles. The predicted octanol–water partition coefficient (Wildman–Crippen LogP) is 2.13. The molecule has 0 radical (unpaired) electrons. The summed E-state index contributed by atoms with van der Waals surface area (Å²) in [6.45, 7) is 10.8. The standard InChI is InChI=1S/C9H21AsO4/c1-7(2)12-10(11,13-8(3)4)14-9(5)6/h7-9H,1-6H3. The fraction of sp³-hybridized carbons (Fsp3) is 1.00. The predicted molar refractivity (Wildman–Crippen MR) is 55.1 cm³/mol. The monoisotopic (exact) mass is 268 g/mol. The molecule has 0 saturated carbocycles. The Hall–Kier alpha value is 0.238. The van der Waals surface area contributed by atoms with Gasteiger partial charge in [0.2, 0.25) is 0 Å². The third-order valence-corrected chi connectivity index (χ3v) is 5.30. The molecule has 14 heavy (non-hydrogen) atoms. The summed E-state index contributed by atoms with van der Waals surface area (Å²) < 4.78 is 27.7. The van der Waals surface area contributed by atoms with Crippen molar-refractivity contribution < 1.29 is 14.9 Å². The van der Waals surface area contributed by atoms with Gasteiger partial charge in [0.15, 0.2) is 0 Å². The van der Waals surface area contributed by atoms with E-state index in [9.17, 15) is 3.74 Å². The van der Waals surface area contributed by atoms with E-state index in [1.165, 1.54) is 0 Å². The Morgan fingerprint density at radius 1 is 0.714 bits per heavy atom. The first-order valence-corrected chi connectivity index (χ1v) is 7.97. The first kappa shape index (κ1) is 14.2. The van der Waals surface area contributed by atoms with Gasteiger partial charge >= 0.3 is 89.3 Å². The molecule has 4 nitrogen and oxygen atoms in total. The van der Waals surface area contributed by atoms with Gasteiger partial charge in [0.25, 0.3) is 0 Å². The van der Waals surface area contributed by atoms with E-state index in [2.05, 4.69) is 0 Å². The summed E-state index contributed by atoms with van der Waals surface area (Å²) in [4.78, 5) is 0. The summed E-state index contributed by atoms with van der Waals surface area (Å²) in [5.41, 5.74) is 0. The second kappa shape index (κ2) is 5.96. The second-order valence-corrected chi connectivity index (χ2v) is 7.11. The zero-order valence-corrected chi connectivity index (χ0v) is 11.7. The molecule has 5 heteroatoms. The Morgan fingerprint density at radius 2 is 0.929 bits per heavy atom. The van der Waals surface area contributed by atoms with Crippen LogP contribution in [0.2, 0.25) is 0 Å². The van der Waals surface area contributed by atoms with Gasteiger partial charge in [-0.25, -0.2) is 0 Å². The van der Waals surface area contributed by atoms with Gasteiger partial charge in [-0.1, -0.05) is 0 Å². The van der Waals surface area contributed by atoms with Crippen molar-refractivity contribution in [3.05, 3.63) is 0 Å². The quantitative estimate of drug-likeness (QED) is 0.692. The van der Waals surface area contributed by atoms with E-state index < -0.39 is 14.5 Å². The van der Waals surface area contributed by atoms with Crippen molar-refractivity contribution >= 4 is 14.5 Å². The van der Waals surface area contributed by atoms with Gasteiger partial charge in [0.05, 0.1) is 0 Å². The van der Waals surface area contributed by atoms with E-state index in [0.717, 1.165) is 0 Å². The summed E-state index contributed by atoms with van der Waals surface area (Å²) in [7, 11) is 0. The fourth-order valence-corrected chi connectivity index (χ4v) is 4.41. The van der Waals surface area contributed by atoms with Gasteiger partial charge in [-0.2, -0.15) is 0 Å². The SMILES string of the molecule is CC(C)O[As](=O)(OC(C)C)OC(C)C. The van der Waals surface area contributed by atoms with Crippen LogP contribution in [-0.2, 0) is 14.9 Å². The molecule has 0 aromatic heterocycles. The first-order valence-electron chi connectivity index (χ1n) is 4.90. The molecule has 0 rings (SSSR count). The molecule has 0 spiro atoms. The molecule has 0 bridgehead atoms. The number of rotatable bonds is 6. The van der Waals surface area contributed by atoms with Crippen LogP contribution in [-0.4, -0.2) is 32.8 Å². The van der Waals surface area contributed by atoms with Crippen LogP contribution in [0.3, 0.4) is 0 Å². The van der Waals surface area contributed by atoms with E-state index >= 15 is 0 Å². The zero-order valence-electron chi connectivity index (χ0n) is 9.81. The molecule has 0 heterocycles. The van der Waals surface area contributed by atoms with Crippen LogP contribution < -0.4 is 0 Å². The van der Waals surface area contributed by atoms with Crippen LogP contribution in [0.15, 0.2) is 0 Å². The van der Waals surface area contributed by atoms with Gasteiger partial charge in [-0.3, -0.25) is 0 Å². The molecular weight excluding hydrogens is 247 g/mol. The summed E-state index contributed by atoms with van der Waals surface area (Å²) >= 11 is -4.05. The van der Waals surface area contributed by atoms with Gasteiger partial charge in [0.1, 0.15) is 0 Å². The maximum atomic E-state index is 12.0. The number of hydrogen-bond acceptors (Lipinski definition) is 4. The molecule has 0 N–H and O–H groups in total. The Kier molecular flexibility index (Phi) is 6.06. The Bertz CT molecular complexity index is 168. The van der Waals surface area contributed by atoms with Crippen molar-refractivity contribution in [3.8, 4) is 0 Å². The van der Waals surface area contributed by atoms with Crippen LogP contribution in [0.1, 0.15) is 41.5 Å². The first-order chi connectivity index (χ1) is 6.25. The van der Waals surface area contributed by atoms with Gasteiger partial charge in [-0.05, 0) is 0 Å².